The van der Waals surface area contributed by atoms with Crippen LogP contribution in [0.3, 0.4) is 0 Å². The van der Waals surface area contributed by atoms with Gasteiger partial charge in [0.1, 0.15) is 0 Å². The molecule has 1 aliphatic heterocycles. The molecule has 1 heterocycles. The second-order valence-electron chi connectivity index (χ2n) is 3.85. The second kappa shape index (κ2) is 3.90. The van der Waals surface area contributed by atoms with Crippen LogP contribution in [-0.2, 0) is 4.79 Å². The highest BCUT2D eigenvalue weighted by Crippen LogP contribution is 2.18. The van der Waals surface area contributed by atoms with E-state index in [1.165, 1.54) is 0 Å². The fraction of sp³-hybridized carbons (Fsp3) is 0.889. The standard InChI is InChI=1S/C9H17NO2/c1-7(2)5-10-4-3-8(6-11)9(10)12/h7-8,11H,3-6H2,1-2H3. The lowest BCUT2D eigenvalue weighted by atomic mass is 10.1. The molecule has 1 rings (SSSR count). The summed E-state index contributed by atoms with van der Waals surface area (Å²) in [6.45, 7) is 5.85. The molecule has 1 atom stereocenters. The van der Waals surface area contributed by atoms with E-state index in [2.05, 4.69) is 13.8 Å². The second-order valence-corrected chi connectivity index (χ2v) is 3.85. The predicted molar refractivity (Wildman–Crippen MR) is 46.6 cm³/mol. The molecule has 0 radical (unpaired) electrons. The highest BCUT2D eigenvalue weighted by atomic mass is 16.3. The van der Waals surface area contributed by atoms with Crippen LogP contribution in [0, 0.1) is 11.8 Å². The first-order valence-corrected chi connectivity index (χ1v) is 4.54. The minimum atomic E-state index is -0.122. The fourth-order valence-corrected chi connectivity index (χ4v) is 1.59. The summed E-state index contributed by atoms with van der Waals surface area (Å²) < 4.78 is 0. The van der Waals surface area contributed by atoms with Gasteiger partial charge in [-0.2, -0.15) is 0 Å². The zero-order valence-corrected chi connectivity index (χ0v) is 7.79. The first-order valence-electron chi connectivity index (χ1n) is 4.54. The molecule has 0 aromatic rings. The van der Waals surface area contributed by atoms with Gasteiger partial charge in [-0.15, -0.1) is 0 Å². The third kappa shape index (κ3) is 1.97. The van der Waals surface area contributed by atoms with E-state index >= 15 is 0 Å². The van der Waals surface area contributed by atoms with Crippen LogP contribution in [0.25, 0.3) is 0 Å². The van der Waals surface area contributed by atoms with Crippen LogP contribution in [-0.4, -0.2) is 35.6 Å². The quantitative estimate of drug-likeness (QED) is 0.671. The average molecular weight is 171 g/mol. The molecule has 1 amide bonds. The maximum absolute atomic E-state index is 11.4. The summed E-state index contributed by atoms with van der Waals surface area (Å²) in [7, 11) is 0. The lowest BCUT2D eigenvalue weighted by Crippen LogP contribution is -2.31. The Labute approximate surface area is 73.4 Å². The number of hydrogen-bond acceptors (Lipinski definition) is 2. The third-order valence-electron chi connectivity index (χ3n) is 2.21. The van der Waals surface area contributed by atoms with Crippen LogP contribution in [0.5, 0.6) is 0 Å². The van der Waals surface area contributed by atoms with E-state index in [4.69, 9.17) is 5.11 Å². The summed E-state index contributed by atoms with van der Waals surface area (Å²) in [6, 6.07) is 0. The van der Waals surface area contributed by atoms with Gasteiger partial charge in [-0.05, 0) is 12.3 Å². The van der Waals surface area contributed by atoms with Crippen LogP contribution in [0.1, 0.15) is 20.3 Å². The summed E-state index contributed by atoms with van der Waals surface area (Å²) >= 11 is 0. The monoisotopic (exact) mass is 171 g/mol. The fourth-order valence-electron chi connectivity index (χ4n) is 1.59. The average Bonchev–Trinajstić information content (AvgIpc) is 2.32. The van der Waals surface area contributed by atoms with Crippen molar-refractivity contribution in [3.8, 4) is 0 Å². The molecule has 0 saturated carbocycles. The predicted octanol–water partition coefficient (Wildman–Crippen LogP) is 0.483. The summed E-state index contributed by atoms with van der Waals surface area (Å²) in [4.78, 5) is 13.3. The van der Waals surface area contributed by atoms with Gasteiger partial charge < -0.3 is 10.0 Å². The van der Waals surface area contributed by atoms with Crippen molar-refractivity contribution in [3.63, 3.8) is 0 Å². The van der Waals surface area contributed by atoms with Gasteiger partial charge in [0, 0.05) is 13.1 Å². The number of aliphatic hydroxyl groups excluding tert-OH is 1. The Hall–Kier alpha value is -0.570. The normalized spacial score (nSPS) is 24.2. The van der Waals surface area contributed by atoms with Crippen molar-refractivity contribution in [1.29, 1.82) is 0 Å². The Kier molecular flexibility index (Phi) is 3.09. The molecular weight excluding hydrogens is 154 g/mol. The van der Waals surface area contributed by atoms with Gasteiger partial charge in [0.05, 0.1) is 12.5 Å². The van der Waals surface area contributed by atoms with E-state index in [-0.39, 0.29) is 18.4 Å². The Balaban J connectivity index is 2.44. The molecule has 1 aliphatic rings. The highest BCUT2D eigenvalue weighted by Gasteiger charge is 2.30. The van der Waals surface area contributed by atoms with Crippen LogP contribution >= 0.6 is 0 Å². The molecule has 3 nitrogen and oxygen atoms in total. The molecular formula is C9H17NO2. The maximum Gasteiger partial charge on any atom is 0.228 e. The Bertz CT molecular complexity index is 168. The summed E-state index contributed by atoms with van der Waals surface area (Å²) in [6.07, 6.45) is 0.821. The number of carbonyl (C=O) groups excluding carboxylic acids is 1. The molecule has 70 valence electrons. The molecule has 1 fully saturated rings. The number of nitrogens with zero attached hydrogens (tertiary/aromatic N) is 1. The van der Waals surface area contributed by atoms with Crippen LogP contribution < -0.4 is 0 Å². The molecule has 12 heavy (non-hydrogen) atoms. The number of likely N-dealkylation sites (tertiary alicyclic amines) is 1. The van der Waals surface area contributed by atoms with Crippen molar-refractivity contribution in [2.45, 2.75) is 20.3 Å². The van der Waals surface area contributed by atoms with Crippen molar-refractivity contribution in [2.75, 3.05) is 19.7 Å². The van der Waals surface area contributed by atoms with Gasteiger partial charge in [-0.25, -0.2) is 0 Å². The molecule has 1 unspecified atom stereocenters. The van der Waals surface area contributed by atoms with Gasteiger partial charge in [0.15, 0.2) is 0 Å². The molecule has 0 aromatic carbocycles. The minimum Gasteiger partial charge on any atom is -0.396 e. The van der Waals surface area contributed by atoms with Gasteiger partial charge in [0.25, 0.3) is 0 Å². The largest absolute Gasteiger partial charge is 0.396 e. The molecule has 1 N–H and O–H groups in total. The van der Waals surface area contributed by atoms with Crippen LogP contribution in [0.15, 0.2) is 0 Å². The Morgan fingerprint density at radius 2 is 2.33 bits per heavy atom. The number of aliphatic hydroxyl groups is 1. The first kappa shape index (κ1) is 9.52. The number of carbonyl (C=O) groups is 1. The van der Waals surface area contributed by atoms with Crippen molar-refractivity contribution >= 4 is 5.91 Å². The molecule has 0 aromatic heterocycles. The summed E-state index contributed by atoms with van der Waals surface area (Å²) in [5.41, 5.74) is 0. The van der Waals surface area contributed by atoms with E-state index in [0.717, 1.165) is 19.5 Å². The smallest absolute Gasteiger partial charge is 0.228 e. The van der Waals surface area contributed by atoms with Crippen molar-refractivity contribution in [1.82, 2.24) is 4.90 Å². The van der Waals surface area contributed by atoms with Crippen molar-refractivity contribution < 1.29 is 9.90 Å². The maximum atomic E-state index is 11.4. The van der Waals surface area contributed by atoms with E-state index in [1.54, 1.807) is 0 Å². The lowest BCUT2D eigenvalue weighted by molar-refractivity contribution is -0.132. The molecule has 0 spiro atoms. The van der Waals surface area contributed by atoms with E-state index in [1.807, 2.05) is 4.90 Å². The zero-order valence-electron chi connectivity index (χ0n) is 7.79. The summed E-state index contributed by atoms with van der Waals surface area (Å²) in [5, 5.41) is 8.84. The first-order chi connectivity index (χ1) is 5.65. The van der Waals surface area contributed by atoms with E-state index in [0.29, 0.717) is 5.92 Å². The third-order valence-corrected chi connectivity index (χ3v) is 2.21. The van der Waals surface area contributed by atoms with E-state index < -0.39 is 0 Å². The number of hydrogen-bond donors (Lipinski definition) is 1. The molecule has 0 bridgehead atoms. The number of amides is 1. The van der Waals surface area contributed by atoms with Gasteiger partial charge in [-0.1, -0.05) is 13.8 Å². The van der Waals surface area contributed by atoms with Crippen LogP contribution in [0.2, 0.25) is 0 Å². The topological polar surface area (TPSA) is 40.5 Å². The van der Waals surface area contributed by atoms with Gasteiger partial charge >= 0.3 is 0 Å². The van der Waals surface area contributed by atoms with Crippen LogP contribution in [0.4, 0.5) is 0 Å². The lowest BCUT2D eigenvalue weighted by Gasteiger charge is -2.18. The molecule has 0 aliphatic carbocycles. The van der Waals surface area contributed by atoms with Gasteiger partial charge in [0.2, 0.25) is 5.91 Å². The highest BCUT2D eigenvalue weighted by molar-refractivity contribution is 5.80. The van der Waals surface area contributed by atoms with Gasteiger partial charge in [-0.3, -0.25) is 4.79 Å². The molecule has 1 saturated heterocycles. The van der Waals surface area contributed by atoms with Crippen molar-refractivity contribution in [3.05, 3.63) is 0 Å². The minimum absolute atomic E-state index is 0.00737. The number of rotatable bonds is 3. The molecule has 3 heteroatoms. The van der Waals surface area contributed by atoms with Crippen molar-refractivity contribution in [2.24, 2.45) is 11.8 Å². The van der Waals surface area contributed by atoms with E-state index in [9.17, 15) is 4.79 Å². The Morgan fingerprint density at radius 1 is 1.67 bits per heavy atom. The zero-order chi connectivity index (χ0) is 9.14. The Morgan fingerprint density at radius 3 is 2.75 bits per heavy atom. The SMILES string of the molecule is CC(C)CN1CCC(CO)C1=O. The summed E-state index contributed by atoms with van der Waals surface area (Å²) in [5.74, 6) is 0.529.